The molecule has 4 atom stereocenters. The smallest absolute Gasteiger partial charge is 0.444 e. The molecule has 0 aromatic carbocycles. The van der Waals surface area contributed by atoms with Crippen LogP contribution in [0.25, 0.3) is 0 Å². The molecule has 0 heterocycles. The fourth-order valence-electron chi connectivity index (χ4n) is 6.41. The maximum Gasteiger partial charge on any atom is 0.511 e. The molecule has 1 N–H and O–H groups in total. The lowest BCUT2D eigenvalue weighted by atomic mass is 9.90. The summed E-state index contributed by atoms with van der Waals surface area (Å²) in [6.45, 7) is 3.69. The van der Waals surface area contributed by atoms with E-state index < -0.39 is 66.9 Å². The number of hydrogen-bond acceptors (Lipinski definition) is 12. The summed E-state index contributed by atoms with van der Waals surface area (Å²) in [6, 6.07) is 0. The Kier molecular flexibility index (Phi) is 10.4. The van der Waals surface area contributed by atoms with Crippen LogP contribution in [0.2, 0.25) is 0 Å². The Labute approximate surface area is 245 Å². The van der Waals surface area contributed by atoms with Gasteiger partial charge < -0.3 is 38.5 Å². The Bertz CT molecular complexity index is 997. The van der Waals surface area contributed by atoms with Gasteiger partial charge in [0.2, 0.25) is 13.6 Å². The standard InChI is InChI=1S/C29H43NO12/c1-28(2,3)42-25(33)30-29(24(32)37-17-39-27(35)41-19-12-8-5-9-13-19)15-14-20-21(22(20)29)23(31)36-16-38-26(34)40-18-10-6-4-7-11-18/h18-22H,4-17H2,1-3H3,(H,30,33)/t20-,21-,22-,29-/m0/s1. The predicted molar refractivity (Wildman–Crippen MR) is 143 cm³/mol. The van der Waals surface area contributed by atoms with Crippen molar-refractivity contribution in [3.05, 3.63) is 0 Å². The summed E-state index contributed by atoms with van der Waals surface area (Å²) in [6.07, 6.45) is 6.62. The van der Waals surface area contributed by atoms with E-state index in [2.05, 4.69) is 5.32 Å². The minimum atomic E-state index is -1.60. The lowest BCUT2D eigenvalue weighted by Crippen LogP contribution is -2.57. The van der Waals surface area contributed by atoms with Crippen molar-refractivity contribution in [1.82, 2.24) is 5.32 Å². The molecule has 0 radical (unpaired) electrons. The first kappa shape index (κ1) is 31.7. The van der Waals surface area contributed by atoms with Gasteiger partial charge in [0.25, 0.3) is 0 Å². The van der Waals surface area contributed by atoms with E-state index in [0.29, 0.717) is 6.42 Å². The molecule has 1 amide bonds. The zero-order chi connectivity index (χ0) is 30.3. The van der Waals surface area contributed by atoms with Gasteiger partial charge in [-0.05, 0) is 90.9 Å². The normalized spacial score (nSPS) is 27.5. The van der Waals surface area contributed by atoms with E-state index in [1.54, 1.807) is 20.8 Å². The van der Waals surface area contributed by atoms with Gasteiger partial charge in [0.15, 0.2) is 0 Å². The Morgan fingerprint density at radius 1 is 0.714 bits per heavy atom. The van der Waals surface area contributed by atoms with Crippen LogP contribution in [0.1, 0.15) is 97.8 Å². The Morgan fingerprint density at radius 2 is 1.24 bits per heavy atom. The van der Waals surface area contributed by atoms with Gasteiger partial charge in [-0.25, -0.2) is 19.2 Å². The maximum absolute atomic E-state index is 13.4. The Balaban J connectivity index is 1.30. The SMILES string of the molecule is CC(C)(C)OC(=O)N[C@@]1(C(=O)OCOC(=O)OC2CCCCC2)CC[C@H]2[C@H](C(=O)OCOC(=O)OC3CCCCC3)[C@H]21. The molecule has 4 rings (SSSR count). The van der Waals surface area contributed by atoms with E-state index in [9.17, 15) is 24.0 Å². The summed E-state index contributed by atoms with van der Waals surface area (Å²) in [5, 5.41) is 2.63. The fraction of sp³-hybridized carbons (Fsp3) is 0.828. The number of esters is 2. The summed E-state index contributed by atoms with van der Waals surface area (Å²) in [5.41, 5.74) is -2.45. The van der Waals surface area contributed by atoms with E-state index in [0.717, 1.165) is 64.2 Å². The molecule has 42 heavy (non-hydrogen) atoms. The monoisotopic (exact) mass is 597 g/mol. The average Bonchev–Trinajstić information content (AvgIpc) is 3.55. The zero-order valence-corrected chi connectivity index (χ0v) is 24.7. The first-order valence-corrected chi connectivity index (χ1v) is 15.0. The van der Waals surface area contributed by atoms with Crippen LogP contribution in [0, 0.1) is 17.8 Å². The van der Waals surface area contributed by atoms with Gasteiger partial charge in [0, 0.05) is 5.92 Å². The lowest BCUT2D eigenvalue weighted by molar-refractivity contribution is -0.164. The van der Waals surface area contributed by atoms with Gasteiger partial charge >= 0.3 is 30.3 Å². The number of nitrogens with one attached hydrogen (secondary N) is 1. The molecular formula is C29H43NO12. The van der Waals surface area contributed by atoms with Gasteiger partial charge in [0.05, 0.1) is 5.92 Å². The summed E-state index contributed by atoms with van der Waals surface area (Å²) >= 11 is 0. The maximum atomic E-state index is 13.4. The number of carbonyl (C=O) groups is 5. The molecule has 0 aromatic heterocycles. The molecule has 13 heteroatoms. The molecule has 236 valence electrons. The molecule has 0 aromatic rings. The summed E-state index contributed by atoms with van der Waals surface area (Å²) in [7, 11) is 0. The molecule has 0 aliphatic heterocycles. The largest absolute Gasteiger partial charge is 0.511 e. The van der Waals surface area contributed by atoms with Crippen molar-refractivity contribution < 1.29 is 57.1 Å². The second kappa shape index (κ2) is 13.8. The third-order valence-corrected chi connectivity index (χ3v) is 8.34. The molecule has 0 bridgehead atoms. The highest BCUT2D eigenvalue weighted by Crippen LogP contribution is 2.63. The molecule has 4 saturated carbocycles. The van der Waals surface area contributed by atoms with Crippen molar-refractivity contribution in [3.8, 4) is 0 Å². The van der Waals surface area contributed by atoms with E-state index in [-0.39, 0.29) is 24.5 Å². The number of ether oxygens (including phenoxy) is 7. The van der Waals surface area contributed by atoms with E-state index in [1.807, 2.05) is 0 Å². The van der Waals surface area contributed by atoms with Gasteiger partial charge in [-0.1, -0.05) is 12.8 Å². The minimum absolute atomic E-state index is 0.181. The van der Waals surface area contributed by atoms with E-state index in [4.69, 9.17) is 33.2 Å². The summed E-state index contributed by atoms with van der Waals surface area (Å²) in [5.74, 6) is -3.20. The van der Waals surface area contributed by atoms with Crippen LogP contribution in [0.4, 0.5) is 14.4 Å². The number of alkyl carbamates (subject to hydrolysis) is 1. The van der Waals surface area contributed by atoms with Crippen molar-refractivity contribution in [2.24, 2.45) is 17.8 Å². The van der Waals surface area contributed by atoms with Crippen LogP contribution in [0.3, 0.4) is 0 Å². The van der Waals surface area contributed by atoms with Gasteiger partial charge in [-0.15, -0.1) is 0 Å². The van der Waals surface area contributed by atoms with Crippen molar-refractivity contribution >= 4 is 30.3 Å². The quantitative estimate of drug-likeness (QED) is 0.218. The topological polar surface area (TPSA) is 162 Å². The lowest BCUT2D eigenvalue weighted by Gasteiger charge is -2.32. The minimum Gasteiger partial charge on any atom is -0.444 e. The second-order valence-electron chi connectivity index (χ2n) is 12.5. The van der Waals surface area contributed by atoms with Crippen LogP contribution in [0.5, 0.6) is 0 Å². The number of amides is 1. The number of fused-ring (bicyclic) bond motifs is 1. The molecule has 0 saturated heterocycles. The van der Waals surface area contributed by atoms with E-state index in [1.165, 1.54) is 0 Å². The van der Waals surface area contributed by atoms with Crippen LogP contribution in [-0.2, 0) is 42.7 Å². The average molecular weight is 598 g/mol. The third kappa shape index (κ3) is 8.41. The van der Waals surface area contributed by atoms with Crippen molar-refractivity contribution in [3.63, 3.8) is 0 Å². The van der Waals surface area contributed by atoms with Gasteiger partial charge in [-0.2, -0.15) is 0 Å². The molecule has 4 aliphatic rings. The van der Waals surface area contributed by atoms with Gasteiger partial charge in [0.1, 0.15) is 23.3 Å². The molecule has 4 aliphatic carbocycles. The molecule has 13 nitrogen and oxygen atoms in total. The summed E-state index contributed by atoms with van der Waals surface area (Å²) in [4.78, 5) is 63.0. The summed E-state index contributed by atoms with van der Waals surface area (Å²) < 4.78 is 36.2. The van der Waals surface area contributed by atoms with Crippen molar-refractivity contribution in [2.75, 3.05) is 13.6 Å². The third-order valence-electron chi connectivity index (χ3n) is 8.34. The van der Waals surface area contributed by atoms with Crippen LogP contribution in [0.15, 0.2) is 0 Å². The van der Waals surface area contributed by atoms with E-state index >= 15 is 0 Å². The molecule has 0 unspecified atom stereocenters. The number of rotatable bonds is 9. The Hall–Kier alpha value is -3.25. The van der Waals surface area contributed by atoms with Crippen LogP contribution >= 0.6 is 0 Å². The first-order chi connectivity index (χ1) is 20.0. The highest BCUT2D eigenvalue weighted by Gasteiger charge is 2.73. The number of hydrogen-bond donors (Lipinski definition) is 1. The van der Waals surface area contributed by atoms with Gasteiger partial charge in [-0.3, -0.25) is 4.79 Å². The Morgan fingerprint density at radius 3 is 1.76 bits per heavy atom. The first-order valence-electron chi connectivity index (χ1n) is 15.0. The molecule has 0 spiro atoms. The number of carbonyl (C=O) groups excluding carboxylic acids is 5. The van der Waals surface area contributed by atoms with Crippen LogP contribution in [-0.4, -0.2) is 67.3 Å². The molecular weight excluding hydrogens is 554 g/mol. The molecule has 4 fully saturated rings. The second-order valence-corrected chi connectivity index (χ2v) is 12.5. The zero-order valence-electron chi connectivity index (χ0n) is 24.7. The highest BCUT2D eigenvalue weighted by molar-refractivity contribution is 5.90. The van der Waals surface area contributed by atoms with Crippen molar-refractivity contribution in [1.29, 1.82) is 0 Å². The highest BCUT2D eigenvalue weighted by atomic mass is 16.8. The van der Waals surface area contributed by atoms with Crippen molar-refractivity contribution in [2.45, 2.75) is 121 Å². The predicted octanol–water partition coefficient (Wildman–Crippen LogP) is 4.88. The van der Waals surface area contributed by atoms with Crippen LogP contribution < -0.4 is 5.32 Å². The fourth-order valence-corrected chi connectivity index (χ4v) is 6.41.